The van der Waals surface area contributed by atoms with Crippen molar-refractivity contribution in [2.45, 2.75) is 13.3 Å². The predicted octanol–water partition coefficient (Wildman–Crippen LogP) is 2.18. The first kappa shape index (κ1) is 9.08. The van der Waals surface area contributed by atoms with Crippen LogP contribution in [0.15, 0.2) is 29.3 Å². The maximum Gasteiger partial charge on any atom is 0.181 e. The van der Waals surface area contributed by atoms with Crippen molar-refractivity contribution in [3.8, 4) is 11.4 Å². The predicted molar refractivity (Wildman–Crippen MR) is 58.8 cm³/mol. The number of furan rings is 1. The molecular weight excluding hydrogens is 204 g/mol. The van der Waals surface area contributed by atoms with Gasteiger partial charge in [-0.25, -0.2) is 15.0 Å². The van der Waals surface area contributed by atoms with Crippen molar-refractivity contribution >= 4 is 11.2 Å². The highest BCUT2D eigenvalue weighted by molar-refractivity contribution is 5.75. The van der Waals surface area contributed by atoms with Gasteiger partial charge in [0.25, 0.3) is 0 Å². The van der Waals surface area contributed by atoms with Crippen molar-refractivity contribution in [3.05, 3.63) is 30.6 Å². The third-order valence-corrected chi connectivity index (χ3v) is 2.48. The number of hydrogen-bond acceptors (Lipinski definition) is 4. The number of rotatable bonds is 2. The zero-order chi connectivity index (χ0) is 11.0. The monoisotopic (exact) mass is 214 g/mol. The topological polar surface area (TPSA) is 67.6 Å². The summed E-state index contributed by atoms with van der Waals surface area (Å²) in [5.74, 6) is 1.70. The Balaban J connectivity index is 2.19. The molecule has 80 valence electrons. The molecule has 0 spiro atoms. The Morgan fingerprint density at radius 1 is 1.44 bits per heavy atom. The number of hydrogen-bond donors (Lipinski definition) is 1. The molecule has 0 fully saturated rings. The summed E-state index contributed by atoms with van der Waals surface area (Å²) in [6, 6.07) is 1.91. The number of aromatic nitrogens is 4. The standard InChI is InChI=1S/C11H10N4O/c1-2-9-7(3-4-16-9)10-14-8-5-12-6-13-11(8)15-10/h3-6H,2H2,1H3,(H,12,13,14,15). The molecule has 0 aliphatic rings. The van der Waals surface area contributed by atoms with Gasteiger partial charge in [0.2, 0.25) is 0 Å². The van der Waals surface area contributed by atoms with E-state index < -0.39 is 0 Å². The molecule has 0 aliphatic heterocycles. The van der Waals surface area contributed by atoms with Crippen LogP contribution in [0.4, 0.5) is 0 Å². The number of aromatic amines is 1. The summed E-state index contributed by atoms with van der Waals surface area (Å²) in [4.78, 5) is 15.6. The second-order valence-electron chi connectivity index (χ2n) is 3.46. The van der Waals surface area contributed by atoms with Crippen molar-refractivity contribution in [1.29, 1.82) is 0 Å². The molecule has 0 amide bonds. The van der Waals surface area contributed by atoms with E-state index >= 15 is 0 Å². The molecule has 5 heteroatoms. The maximum atomic E-state index is 5.37. The molecule has 3 aromatic heterocycles. The Morgan fingerprint density at radius 2 is 2.38 bits per heavy atom. The van der Waals surface area contributed by atoms with Crippen LogP contribution in [0.2, 0.25) is 0 Å². The van der Waals surface area contributed by atoms with E-state index in [1.807, 2.05) is 13.0 Å². The summed E-state index contributed by atoms with van der Waals surface area (Å²) in [7, 11) is 0. The number of nitrogens with one attached hydrogen (secondary N) is 1. The summed E-state index contributed by atoms with van der Waals surface area (Å²) in [6.45, 7) is 2.05. The Hall–Kier alpha value is -2.17. The highest BCUT2D eigenvalue weighted by atomic mass is 16.3. The highest BCUT2D eigenvalue weighted by Crippen LogP contribution is 2.24. The molecule has 0 saturated heterocycles. The van der Waals surface area contributed by atoms with Crippen LogP contribution in [0.25, 0.3) is 22.6 Å². The number of H-pyrrole nitrogens is 1. The molecule has 1 N–H and O–H groups in total. The molecule has 0 aromatic carbocycles. The summed E-state index contributed by atoms with van der Waals surface area (Å²) in [6.07, 6.45) is 5.71. The second kappa shape index (κ2) is 3.44. The van der Waals surface area contributed by atoms with Crippen molar-refractivity contribution in [2.75, 3.05) is 0 Å². The van der Waals surface area contributed by atoms with E-state index in [9.17, 15) is 0 Å². The smallest absolute Gasteiger partial charge is 0.181 e. The summed E-state index contributed by atoms with van der Waals surface area (Å²) < 4.78 is 5.37. The van der Waals surface area contributed by atoms with Gasteiger partial charge in [-0.15, -0.1) is 0 Å². The summed E-state index contributed by atoms with van der Waals surface area (Å²) in [5.41, 5.74) is 2.49. The highest BCUT2D eigenvalue weighted by Gasteiger charge is 2.11. The fraction of sp³-hybridized carbons (Fsp3) is 0.182. The molecule has 5 nitrogen and oxygen atoms in total. The van der Waals surface area contributed by atoms with Crippen LogP contribution >= 0.6 is 0 Å². The summed E-state index contributed by atoms with van der Waals surface area (Å²) >= 11 is 0. The summed E-state index contributed by atoms with van der Waals surface area (Å²) in [5, 5.41) is 0. The normalized spacial score (nSPS) is 11.1. The van der Waals surface area contributed by atoms with Crippen molar-refractivity contribution in [2.24, 2.45) is 0 Å². The van der Waals surface area contributed by atoms with E-state index in [0.717, 1.165) is 29.1 Å². The molecule has 16 heavy (non-hydrogen) atoms. The molecule has 0 bridgehead atoms. The third-order valence-electron chi connectivity index (χ3n) is 2.48. The minimum atomic E-state index is 0.674. The van der Waals surface area contributed by atoms with Gasteiger partial charge in [0.05, 0.1) is 18.0 Å². The molecule has 0 radical (unpaired) electrons. The van der Waals surface area contributed by atoms with Crippen LogP contribution < -0.4 is 0 Å². The average Bonchev–Trinajstić information content (AvgIpc) is 2.94. The molecule has 3 aromatic rings. The van der Waals surface area contributed by atoms with Gasteiger partial charge in [-0.1, -0.05) is 6.92 Å². The molecule has 3 rings (SSSR count). The number of imidazole rings is 1. The van der Waals surface area contributed by atoms with Crippen LogP contribution in [-0.2, 0) is 6.42 Å². The van der Waals surface area contributed by atoms with E-state index in [2.05, 4.69) is 19.9 Å². The Morgan fingerprint density at radius 3 is 3.19 bits per heavy atom. The molecule has 0 saturated carbocycles. The van der Waals surface area contributed by atoms with Crippen LogP contribution in [0.3, 0.4) is 0 Å². The lowest BCUT2D eigenvalue weighted by molar-refractivity contribution is 0.517. The van der Waals surface area contributed by atoms with Gasteiger partial charge in [0, 0.05) is 6.42 Å². The molecular formula is C11H10N4O. The Bertz CT molecular complexity index is 592. The Labute approximate surface area is 91.6 Å². The number of fused-ring (bicyclic) bond motifs is 1. The average molecular weight is 214 g/mol. The first-order valence-electron chi connectivity index (χ1n) is 5.11. The number of nitrogens with zero attached hydrogens (tertiary/aromatic N) is 3. The van der Waals surface area contributed by atoms with Crippen LogP contribution in [0, 0.1) is 0 Å². The van der Waals surface area contributed by atoms with E-state index in [4.69, 9.17) is 4.42 Å². The van der Waals surface area contributed by atoms with Crippen molar-refractivity contribution < 1.29 is 4.42 Å². The van der Waals surface area contributed by atoms with Gasteiger partial charge < -0.3 is 9.40 Å². The lowest BCUT2D eigenvalue weighted by Crippen LogP contribution is -1.83. The fourth-order valence-electron chi connectivity index (χ4n) is 1.71. The lowest BCUT2D eigenvalue weighted by Gasteiger charge is -1.94. The van der Waals surface area contributed by atoms with E-state index in [1.54, 1.807) is 12.5 Å². The van der Waals surface area contributed by atoms with Crippen LogP contribution in [-0.4, -0.2) is 19.9 Å². The fourth-order valence-corrected chi connectivity index (χ4v) is 1.71. The van der Waals surface area contributed by atoms with Crippen LogP contribution in [0.5, 0.6) is 0 Å². The molecule has 0 atom stereocenters. The van der Waals surface area contributed by atoms with E-state index in [-0.39, 0.29) is 0 Å². The Kier molecular flexibility index (Phi) is 1.96. The minimum absolute atomic E-state index is 0.674. The zero-order valence-electron chi connectivity index (χ0n) is 8.77. The second-order valence-corrected chi connectivity index (χ2v) is 3.46. The van der Waals surface area contributed by atoms with Gasteiger partial charge in [0.1, 0.15) is 23.4 Å². The first-order chi connectivity index (χ1) is 7.88. The van der Waals surface area contributed by atoms with Gasteiger partial charge in [-0.05, 0) is 6.07 Å². The van der Waals surface area contributed by atoms with Crippen LogP contribution in [0.1, 0.15) is 12.7 Å². The lowest BCUT2D eigenvalue weighted by atomic mass is 10.2. The minimum Gasteiger partial charge on any atom is -0.469 e. The SMILES string of the molecule is CCc1occc1-c1nc2ncncc2[nH]1. The van der Waals surface area contributed by atoms with Crippen molar-refractivity contribution in [1.82, 2.24) is 19.9 Å². The molecule has 0 aliphatic carbocycles. The zero-order valence-corrected chi connectivity index (χ0v) is 8.77. The van der Waals surface area contributed by atoms with Gasteiger partial charge in [0.15, 0.2) is 5.65 Å². The van der Waals surface area contributed by atoms with Gasteiger partial charge in [-0.2, -0.15) is 0 Å². The number of aryl methyl sites for hydroxylation is 1. The first-order valence-corrected chi connectivity index (χ1v) is 5.11. The quantitative estimate of drug-likeness (QED) is 0.709. The third kappa shape index (κ3) is 1.29. The maximum absolute atomic E-state index is 5.37. The molecule has 3 heterocycles. The van der Waals surface area contributed by atoms with Crippen molar-refractivity contribution in [3.63, 3.8) is 0 Å². The van der Waals surface area contributed by atoms with E-state index in [0.29, 0.717) is 5.65 Å². The van der Waals surface area contributed by atoms with Gasteiger partial charge in [-0.3, -0.25) is 0 Å². The van der Waals surface area contributed by atoms with Gasteiger partial charge >= 0.3 is 0 Å². The largest absolute Gasteiger partial charge is 0.469 e. The van der Waals surface area contributed by atoms with E-state index in [1.165, 1.54) is 6.33 Å². The molecule has 0 unspecified atom stereocenters.